The fraction of sp³-hybridized carbons (Fsp3) is 0.619. The summed E-state index contributed by atoms with van der Waals surface area (Å²) in [5.74, 6) is 1.91. The molecule has 3 aliphatic rings. The number of nitrogens with one attached hydrogen (secondary N) is 1. The van der Waals surface area contributed by atoms with Crippen molar-refractivity contribution in [2.45, 2.75) is 31.1 Å². The van der Waals surface area contributed by atoms with Gasteiger partial charge in [0.1, 0.15) is 5.82 Å². The summed E-state index contributed by atoms with van der Waals surface area (Å²) in [6.07, 6.45) is 7.24. The second-order valence-corrected chi connectivity index (χ2v) is 8.73. The van der Waals surface area contributed by atoms with Crippen molar-refractivity contribution in [2.24, 2.45) is 0 Å². The van der Waals surface area contributed by atoms with E-state index in [2.05, 4.69) is 15.1 Å². The number of piperidine rings is 1. The molecule has 9 heteroatoms. The predicted octanol–water partition coefficient (Wildman–Crippen LogP) is 1.22. The molecule has 2 aromatic rings. The van der Waals surface area contributed by atoms with E-state index in [0.29, 0.717) is 5.56 Å². The number of amides is 1. The Labute approximate surface area is 176 Å². The van der Waals surface area contributed by atoms with E-state index in [1.54, 1.807) is 12.4 Å². The van der Waals surface area contributed by atoms with E-state index in [0.717, 1.165) is 76.8 Å². The molecule has 2 fully saturated rings. The van der Waals surface area contributed by atoms with Crippen molar-refractivity contribution in [1.82, 2.24) is 25.1 Å². The molecule has 1 N–H and O–H groups in total. The molecule has 0 atom stereocenters. The van der Waals surface area contributed by atoms with Gasteiger partial charge in [0, 0.05) is 57.4 Å². The third-order valence-corrected chi connectivity index (χ3v) is 6.79. The lowest BCUT2D eigenvalue weighted by Gasteiger charge is -2.39. The van der Waals surface area contributed by atoms with Crippen LogP contribution in [0.2, 0.25) is 0 Å². The lowest BCUT2D eigenvalue weighted by atomic mass is 9.76. The summed E-state index contributed by atoms with van der Waals surface area (Å²) in [6, 6.07) is 0. The quantitative estimate of drug-likeness (QED) is 0.812. The smallest absolute Gasteiger partial charge is 0.257 e. The molecule has 9 nitrogen and oxygen atoms in total. The number of anilines is 2. The number of H-pyrrole nitrogens is 1. The zero-order valence-corrected chi connectivity index (χ0v) is 17.7. The molecule has 30 heavy (non-hydrogen) atoms. The highest BCUT2D eigenvalue weighted by molar-refractivity contribution is 5.93. The Kier molecular flexibility index (Phi) is 4.85. The van der Waals surface area contributed by atoms with Crippen LogP contribution in [-0.4, -0.2) is 84.5 Å². The molecular formula is C21H29N7O2. The van der Waals surface area contributed by atoms with Crippen LogP contribution in [0.3, 0.4) is 0 Å². The van der Waals surface area contributed by atoms with Gasteiger partial charge in [0.15, 0.2) is 0 Å². The first kappa shape index (κ1) is 19.3. The largest absolute Gasteiger partial charge is 0.378 e. The van der Waals surface area contributed by atoms with Crippen molar-refractivity contribution in [3.8, 4) is 0 Å². The molecule has 2 aromatic heterocycles. The monoisotopic (exact) mass is 411 g/mol. The number of ether oxygens (including phenoxy) is 1. The number of rotatable bonds is 3. The first-order chi connectivity index (χ1) is 14.6. The van der Waals surface area contributed by atoms with E-state index >= 15 is 0 Å². The fourth-order valence-electron chi connectivity index (χ4n) is 5.02. The van der Waals surface area contributed by atoms with Crippen LogP contribution in [0.15, 0.2) is 12.4 Å². The molecule has 2 saturated heterocycles. The van der Waals surface area contributed by atoms with Crippen LogP contribution in [0.25, 0.3) is 0 Å². The third-order valence-electron chi connectivity index (χ3n) is 6.79. The summed E-state index contributed by atoms with van der Waals surface area (Å²) in [5, 5.41) is 6.64. The topological polar surface area (TPSA) is 90.5 Å². The predicted molar refractivity (Wildman–Crippen MR) is 113 cm³/mol. The van der Waals surface area contributed by atoms with Gasteiger partial charge in [0.2, 0.25) is 5.95 Å². The summed E-state index contributed by atoms with van der Waals surface area (Å²) < 4.78 is 5.55. The number of carbonyl (C=O) groups excluding carboxylic acids is 1. The highest BCUT2D eigenvalue weighted by Crippen LogP contribution is 2.48. The average molecular weight is 412 g/mol. The number of hydrogen-bond acceptors (Lipinski definition) is 7. The SMILES string of the molecule is CN(C)c1nc(N2CCOCC2)c2c(n1)C1(CC2)CCN(C(=O)c2cn[nH]c2)CC1. The summed E-state index contributed by atoms with van der Waals surface area (Å²) in [7, 11) is 4.00. The molecule has 1 spiro atoms. The van der Waals surface area contributed by atoms with E-state index in [1.807, 2.05) is 23.9 Å². The van der Waals surface area contributed by atoms with Crippen LogP contribution in [0.4, 0.5) is 11.8 Å². The van der Waals surface area contributed by atoms with Crippen molar-refractivity contribution in [2.75, 3.05) is 63.3 Å². The summed E-state index contributed by atoms with van der Waals surface area (Å²) in [4.78, 5) is 29.0. The molecule has 0 aromatic carbocycles. The van der Waals surface area contributed by atoms with Gasteiger partial charge in [-0.3, -0.25) is 9.89 Å². The molecule has 2 aliphatic heterocycles. The standard InChI is InChI=1S/C21H29N7O2/c1-26(2)20-24-17-16(18(25-20)27-9-11-30-12-10-27)3-4-21(17)5-7-28(8-6-21)19(29)15-13-22-23-14-15/h13-14H,3-12H2,1-2H3,(H,22,23). The number of aromatic nitrogens is 4. The second-order valence-electron chi connectivity index (χ2n) is 8.73. The Bertz CT molecular complexity index is 914. The van der Waals surface area contributed by atoms with E-state index in [9.17, 15) is 4.79 Å². The molecule has 0 bridgehead atoms. The van der Waals surface area contributed by atoms with Gasteiger partial charge < -0.3 is 19.4 Å². The number of morpholine rings is 1. The lowest BCUT2D eigenvalue weighted by Crippen LogP contribution is -2.44. The fourth-order valence-corrected chi connectivity index (χ4v) is 5.02. The summed E-state index contributed by atoms with van der Waals surface area (Å²) in [6.45, 7) is 4.72. The summed E-state index contributed by atoms with van der Waals surface area (Å²) in [5.41, 5.74) is 3.18. The maximum atomic E-state index is 12.7. The van der Waals surface area contributed by atoms with Gasteiger partial charge in [-0.2, -0.15) is 10.1 Å². The second kappa shape index (κ2) is 7.54. The van der Waals surface area contributed by atoms with Crippen molar-refractivity contribution >= 4 is 17.7 Å². The molecule has 160 valence electrons. The Morgan fingerprint density at radius 2 is 1.90 bits per heavy atom. The Balaban J connectivity index is 1.43. The average Bonchev–Trinajstić information content (AvgIpc) is 3.43. The lowest BCUT2D eigenvalue weighted by molar-refractivity contribution is 0.0663. The maximum Gasteiger partial charge on any atom is 0.257 e. The molecule has 0 unspecified atom stereocenters. The number of carbonyl (C=O) groups is 1. The van der Waals surface area contributed by atoms with E-state index in [-0.39, 0.29) is 11.3 Å². The first-order valence-electron chi connectivity index (χ1n) is 10.8. The molecule has 1 aliphatic carbocycles. The Morgan fingerprint density at radius 1 is 1.13 bits per heavy atom. The van der Waals surface area contributed by atoms with Crippen LogP contribution in [0.5, 0.6) is 0 Å². The highest BCUT2D eigenvalue weighted by Gasteiger charge is 2.45. The van der Waals surface area contributed by atoms with E-state index < -0.39 is 0 Å². The van der Waals surface area contributed by atoms with Crippen LogP contribution in [-0.2, 0) is 16.6 Å². The molecule has 1 amide bonds. The number of aromatic amines is 1. The van der Waals surface area contributed by atoms with Gasteiger partial charge in [0.25, 0.3) is 5.91 Å². The van der Waals surface area contributed by atoms with Gasteiger partial charge in [-0.25, -0.2) is 4.98 Å². The van der Waals surface area contributed by atoms with Crippen molar-refractivity contribution < 1.29 is 9.53 Å². The molecule has 0 saturated carbocycles. The third kappa shape index (κ3) is 3.21. The van der Waals surface area contributed by atoms with Crippen LogP contribution in [0, 0.1) is 0 Å². The van der Waals surface area contributed by atoms with E-state index in [4.69, 9.17) is 14.7 Å². The Hall–Kier alpha value is -2.68. The first-order valence-corrected chi connectivity index (χ1v) is 10.8. The van der Waals surface area contributed by atoms with Crippen molar-refractivity contribution in [3.63, 3.8) is 0 Å². The van der Waals surface area contributed by atoms with Crippen LogP contribution < -0.4 is 9.80 Å². The van der Waals surface area contributed by atoms with Gasteiger partial charge in [-0.05, 0) is 25.7 Å². The molecular weight excluding hydrogens is 382 g/mol. The van der Waals surface area contributed by atoms with Crippen molar-refractivity contribution in [3.05, 3.63) is 29.2 Å². The van der Waals surface area contributed by atoms with Crippen LogP contribution in [0.1, 0.15) is 40.9 Å². The Morgan fingerprint density at radius 3 is 2.57 bits per heavy atom. The molecule has 5 rings (SSSR count). The van der Waals surface area contributed by atoms with Crippen LogP contribution >= 0.6 is 0 Å². The summed E-state index contributed by atoms with van der Waals surface area (Å²) >= 11 is 0. The minimum absolute atomic E-state index is 0.0389. The zero-order valence-electron chi connectivity index (χ0n) is 17.7. The van der Waals surface area contributed by atoms with Gasteiger partial charge in [-0.1, -0.05) is 0 Å². The van der Waals surface area contributed by atoms with Gasteiger partial charge in [-0.15, -0.1) is 0 Å². The number of likely N-dealkylation sites (tertiary alicyclic amines) is 1. The molecule has 0 radical (unpaired) electrons. The van der Waals surface area contributed by atoms with Crippen molar-refractivity contribution in [1.29, 1.82) is 0 Å². The minimum atomic E-state index is 0.0389. The van der Waals surface area contributed by atoms with E-state index in [1.165, 1.54) is 11.3 Å². The maximum absolute atomic E-state index is 12.7. The highest BCUT2D eigenvalue weighted by atomic mass is 16.5. The van der Waals surface area contributed by atoms with Gasteiger partial charge >= 0.3 is 0 Å². The number of fused-ring (bicyclic) bond motifs is 2. The minimum Gasteiger partial charge on any atom is -0.378 e. The number of hydrogen-bond donors (Lipinski definition) is 1. The number of nitrogens with zero attached hydrogens (tertiary/aromatic N) is 6. The zero-order chi connectivity index (χ0) is 20.7. The molecule has 4 heterocycles. The van der Waals surface area contributed by atoms with Gasteiger partial charge in [0.05, 0.1) is 30.7 Å². The normalized spacial score (nSPS) is 20.5.